The van der Waals surface area contributed by atoms with Crippen LogP contribution in [0.1, 0.15) is 10.8 Å². The molecule has 1 aliphatic heterocycles. The summed E-state index contributed by atoms with van der Waals surface area (Å²) < 4.78 is 23.4. The van der Waals surface area contributed by atoms with Gasteiger partial charge in [-0.05, 0) is 5.56 Å². The number of carbonyl (C=O) groups is 1. The van der Waals surface area contributed by atoms with Crippen molar-refractivity contribution in [1.29, 1.82) is 0 Å². The minimum absolute atomic E-state index is 0.0187. The topological polar surface area (TPSA) is 63.2 Å². The van der Waals surface area contributed by atoms with E-state index < -0.39 is 15.1 Å². The first kappa shape index (κ1) is 12.4. The zero-order chi connectivity index (χ0) is 12.5. The first-order valence-corrected chi connectivity index (χ1v) is 7.41. The molecule has 0 aromatic heterocycles. The van der Waals surface area contributed by atoms with Gasteiger partial charge in [-0.15, -0.1) is 11.6 Å². The first-order chi connectivity index (χ1) is 8.04. The van der Waals surface area contributed by atoms with Gasteiger partial charge in [-0.25, -0.2) is 8.42 Å². The van der Waals surface area contributed by atoms with Gasteiger partial charge in [0.05, 0.1) is 11.8 Å². The maximum Gasteiger partial charge on any atom is 0.235 e. The average molecular weight is 274 g/mol. The number of nitrogens with one attached hydrogen (secondary N) is 1. The third-order valence-corrected chi connectivity index (χ3v) is 5.20. The Hall–Kier alpha value is -1.07. The molecule has 1 aromatic carbocycles. The second-order valence-corrected chi connectivity index (χ2v) is 6.40. The molecule has 6 heteroatoms. The van der Waals surface area contributed by atoms with Gasteiger partial charge in [0, 0.05) is 0 Å². The molecule has 2 unspecified atom stereocenters. The Morgan fingerprint density at radius 1 is 1.35 bits per heavy atom. The van der Waals surface area contributed by atoms with Crippen molar-refractivity contribution in [3.05, 3.63) is 35.9 Å². The predicted molar refractivity (Wildman–Crippen MR) is 65.6 cm³/mol. The van der Waals surface area contributed by atoms with E-state index in [1.807, 2.05) is 6.07 Å². The summed E-state index contributed by atoms with van der Waals surface area (Å²) in [5, 5.41) is 1.98. The molecule has 1 heterocycles. The molecule has 2 rings (SSSR count). The molecule has 17 heavy (non-hydrogen) atoms. The fraction of sp³-hybridized carbons (Fsp3) is 0.364. The van der Waals surface area contributed by atoms with Crippen molar-refractivity contribution < 1.29 is 13.2 Å². The van der Waals surface area contributed by atoms with E-state index >= 15 is 0 Å². The van der Waals surface area contributed by atoms with Crippen LogP contribution < -0.4 is 5.32 Å². The van der Waals surface area contributed by atoms with Gasteiger partial charge in [0.15, 0.2) is 9.84 Å². The van der Waals surface area contributed by atoms with Crippen LogP contribution in [-0.4, -0.2) is 32.0 Å². The summed E-state index contributed by atoms with van der Waals surface area (Å²) in [7, 11) is -3.14. The van der Waals surface area contributed by atoms with Gasteiger partial charge < -0.3 is 5.32 Å². The highest BCUT2D eigenvalue weighted by Gasteiger charge is 2.47. The summed E-state index contributed by atoms with van der Waals surface area (Å²) in [4.78, 5) is 11.2. The summed E-state index contributed by atoms with van der Waals surface area (Å²) in [5.41, 5.74) is 0.707. The quantitative estimate of drug-likeness (QED) is 0.832. The molecule has 1 amide bonds. The average Bonchev–Trinajstić information content (AvgIpc) is 2.28. The van der Waals surface area contributed by atoms with Crippen LogP contribution in [0.4, 0.5) is 0 Å². The molecule has 0 radical (unpaired) electrons. The molecule has 1 aliphatic rings. The zero-order valence-corrected chi connectivity index (χ0v) is 10.5. The van der Waals surface area contributed by atoms with Crippen LogP contribution in [0.2, 0.25) is 0 Å². The van der Waals surface area contributed by atoms with Gasteiger partial charge in [-0.1, -0.05) is 30.3 Å². The molecule has 0 spiro atoms. The van der Waals surface area contributed by atoms with Crippen molar-refractivity contribution in [3.8, 4) is 0 Å². The van der Waals surface area contributed by atoms with Crippen LogP contribution in [0.5, 0.6) is 0 Å². The summed E-state index contributed by atoms with van der Waals surface area (Å²) in [6.45, 7) is 0. The Kier molecular flexibility index (Phi) is 3.40. The van der Waals surface area contributed by atoms with Crippen molar-refractivity contribution in [2.45, 2.75) is 11.3 Å². The predicted octanol–water partition coefficient (Wildman–Crippen LogP) is 0.880. The van der Waals surface area contributed by atoms with E-state index in [-0.39, 0.29) is 23.6 Å². The second-order valence-electron chi connectivity index (χ2n) is 3.97. The molecule has 1 aromatic rings. The van der Waals surface area contributed by atoms with Crippen LogP contribution in [0, 0.1) is 0 Å². The van der Waals surface area contributed by atoms with E-state index in [0.29, 0.717) is 5.56 Å². The third-order valence-electron chi connectivity index (χ3n) is 2.76. The number of amides is 1. The van der Waals surface area contributed by atoms with E-state index in [1.54, 1.807) is 24.3 Å². The Morgan fingerprint density at radius 3 is 2.53 bits per heavy atom. The van der Waals surface area contributed by atoms with E-state index in [1.165, 1.54) is 0 Å². The van der Waals surface area contributed by atoms with Gasteiger partial charge in [-0.3, -0.25) is 4.79 Å². The van der Waals surface area contributed by atoms with Gasteiger partial charge in [-0.2, -0.15) is 0 Å². The normalized spacial score (nSPS) is 25.9. The Morgan fingerprint density at radius 2 is 2.00 bits per heavy atom. The van der Waals surface area contributed by atoms with Gasteiger partial charge in [0.1, 0.15) is 11.1 Å². The lowest BCUT2D eigenvalue weighted by Gasteiger charge is -2.36. The minimum atomic E-state index is -3.14. The molecule has 1 fully saturated rings. The summed E-state index contributed by atoms with van der Waals surface area (Å²) >= 11 is 5.38. The first-order valence-electron chi connectivity index (χ1n) is 5.16. The van der Waals surface area contributed by atoms with E-state index in [2.05, 4.69) is 5.32 Å². The fourth-order valence-corrected chi connectivity index (χ4v) is 3.95. The Bertz CT molecular complexity index is 515. The van der Waals surface area contributed by atoms with Crippen molar-refractivity contribution >= 4 is 27.3 Å². The molecule has 1 saturated heterocycles. The number of halogens is 1. The lowest BCUT2D eigenvalue weighted by atomic mass is 10.1. The van der Waals surface area contributed by atoms with E-state index in [9.17, 15) is 13.2 Å². The molecule has 4 nitrogen and oxygen atoms in total. The number of hydrogen-bond acceptors (Lipinski definition) is 3. The summed E-state index contributed by atoms with van der Waals surface area (Å²) in [5.74, 6) is -0.514. The molecular weight excluding hydrogens is 262 g/mol. The van der Waals surface area contributed by atoms with Gasteiger partial charge in [0.2, 0.25) is 5.91 Å². The minimum Gasteiger partial charge on any atom is -0.350 e. The maximum absolute atomic E-state index is 11.7. The lowest BCUT2D eigenvalue weighted by molar-refractivity contribution is -0.119. The molecular formula is C11H12ClNO3S. The van der Waals surface area contributed by atoms with Crippen LogP contribution in [0.15, 0.2) is 30.3 Å². The molecule has 2 atom stereocenters. The number of hydrogen-bond donors (Lipinski definition) is 1. The van der Waals surface area contributed by atoms with Crippen LogP contribution in [0.25, 0.3) is 0 Å². The molecule has 92 valence electrons. The lowest BCUT2D eigenvalue weighted by Crippen LogP contribution is -2.55. The second kappa shape index (κ2) is 4.66. The summed E-state index contributed by atoms with van der Waals surface area (Å²) in [6.07, 6.45) is 0. The largest absolute Gasteiger partial charge is 0.350 e. The molecule has 0 aliphatic carbocycles. The smallest absolute Gasteiger partial charge is 0.235 e. The standard InChI is InChI=1S/C11H12ClNO3S/c12-6-10(14)13-9-7-17(15,16)11(9)8-4-2-1-3-5-8/h1-5,9,11H,6-7H2,(H,13,14). The fourth-order valence-electron chi connectivity index (χ4n) is 2.01. The third kappa shape index (κ3) is 2.45. The van der Waals surface area contributed by atoms with E-state index in [0.717, 1.165) is 0 Å². The Labute approximate surface area is 105 Å². The van der Waals surface area contributed by atoms with E-state index in [4.69, 9.17) is 11.6 Å². The highest BCUT2D eigenvalue weighted by molar-refractivity contribution is 7.93. The monoisotopic (exact) mass is 273 g/mol. The number of rotatable bonds is 3. The summed E-state index contributed by atoms with van der Waals surface area (Å²) in [6, 6.07) is 8.52. The van der Waals surface area contributed by atoms with Crippen molar-refractivity contribution in [2.24, 2.45) is 0 Å². The van der Waals surface area contributed by atoms with Crippen LogP contribution >= 0.6 is 11.6 Å². The van der Waals surface area contributed by atoms with Crippen LogP contribution in [-0.2, 0) is 14.6 Å². The van der Waals surface area contributed by atoms with Crippen molar-refractivity contribution in [3.63, 3.8) is 0 Å². The highest BCUT2D eigenvalue weighted by atomic mass is 35.5. The number of carbonyl (C=O) groups excluding carboxylic acids is 1. The van der Waals surface area contributed by atoms with Gasteiger partial charge in [0.25, 0.3) is 0 Å². The van der Waals surface area contributed by atoms with Crippen molar-refractivity contribution in [2.75, 3.05) is 11.6 Å². The van der Waals surface area contributed by atoms with Crippen LogP contribution in [0.3, 0.4) is 0 Å². The number of benzene rings is 1. The zero-order valence-electron chi connectivity index (χ0n) is 8.97. The maximum atomic E-state index is 11.7. The number of sulfone groups is 1. The highest BCUT2D eigenvalue weighted by Crippen LogP contribution is 2.36. The van der Waals surface area contributed by atoms with Gasteiger partial charge >= 0.3 is 0 Å². The molecule has 0 bridgehead atoms. The van der Waals surface area contributed by atoms with Crippen molar-refractivity contribution in [1.82, 2.24) is 5.32 Å². The number of alkyl halides is 1. The molecule has 0 saturated carbocycles. The molecule has 1 N–H and O–H groups in total. The Balaban J connectivity index is 2.20. The SMILES string of the molecule is O=C(CCl)NC1CS(=O)(=O)C1c1ccccc1.